The number of hydrogen-bond acceptors (Lipinski definition) is 3. The zero-order chi connectivity index (χ0) is 17.6. The lowest BCUT2D eigenvalue weighted by atomic mass is 10.1. The lowest BCUT2D eigenvalue weighted by molar-refractivity contribution is -0.137. The van der Waals surface area contributed by atoms with Crippen LogP contribution in [-0.4, -0.2) is 21.8 Å². The molecule has 3 aromatic rings. The molecule has 2 aromatic heterocycles. The lowest BCUT2D eigenvalue weighted by Crippen LogP contribution is -2.25. The Morgan fingerprint density at radius 2 is 1.96 bits per heavy atom. The molecule has 1 amide bonds. The number of carbonyl (C=O) groups is 1. The molecule has 0 unspecified atom stereocenters. The number of nitrogens with one attached hydrogen (secondary N) is 1. The number of alkyl halides is 3. The normalized spacial score (nSPS) is 14.8. The van der Waals surface area contributed by atoms with E-state index in [0.29, 0.717) is 28.7 Å². The number of fused-ring (bicyclic) bond motifs is 1. The monoisotopic (exact) mass is 365 g/mol. The summed E-state index contributed by atoms with van der Waals surface area (Å²) >= 11 is 1.33. The molecule has 130 valence electrons. The number of imidazole rings is 1. The first-order chi connectivity index (χ1) is 11.9. The van der Waals surface area contributed by atoms with Gasteiger partial charge in [0.2, 0.25) is 0 Å². The standard InChI is InChI=1S/C17H14F3N3OS/c18-17(19,20)12-5-3-11(4-6-12)14-9-23-8-13(22-16(23)25-14)15(24)21-7-10-1-2-10/h3-6,8-10H,1-2,7H2,(H,21,24). The molecule has 0 bridgehead atoms. The van der Waals surface area contributed by atoms with Gasteiger partial charge in [-0.05, 0) is 36.5 Å². The van der Waals surface area contributed by atoms with Gasteiger partial charge in [-0.3, -0.25) is 9.20 Å². The van der Waals surface area contributed by atoms with Crippen LogP contribution < -0.4 is 5.32 Å². The molecule has 1 aromatic carbocycles. The van der Waals surface area contributed by atoms with Gasteiger partial charge in [0.05, 0.1) is 10.4 Å². The molecule has 0 atom stereocenters. The second-order valence-corrected chi connectivity index (χ2v) is 7.15. The van der Waals surface area contributed by atoms with Gasteiger partial charge in [-0.25, -0.2) is 4.98 Å². The van der Waals surface area contributed by atoms with Crippen molar-refractivity contribution in [3.63, 3.8) is 0 Å². The maximum Gasteiger partial charge on any atom is 0.416 e. The van der Waals surface area contributed by atoms with Crippen LogP contribution in [0.15, 0.2) is 36.7 Å². The maximum absolute atomic E-state index is 12.6. The molecule has 1 aliphatic rings. The largest absolute Gasteiger partial charge is 0.416 e. The third-order valence-electron chi connectivity index (χ3n) is 4.13. The molecule has 1 fully saturated rings. The summed E-state index contributed by atoms with van der Waals surface area (Å²) in [7, 11) is 0. The maximum atomic E-state index is 12.6. The van der Waals surface area contributed by atoms with Gasteiger partial charge in [0, 0.05) is 18.9 Å². The predicted molar refractivity (Wildman–Crippen MR) is 88.6 cm³/mol. The number of benzene rings is 1. The summed E-state index contributed by atoms with van der Waals surface area (Å²) in [6, 6.07) is 5.01. The fraction of sp³-hybridized carbons (Fsp3) is 0.294. The van der Waals surface area contributed by atoms with Crippen LogP contribution in [0.25, 0.3) is 15.4 Å². The van der Waals surface area contributed by atoms with E-state index >= 15 is 0 Å². The van der Waals surface area contributed by atoms with Crippen LogP contribution in [0.4, 0.5) is 13.2 Å². The zero-order valence-corrected chi connectivity index (χ0v) is 13.8. The number of thiazole rings is 1. The average molecular weight is 365 g/mol. The molecule has 4 nitrogen and oxygen atoms in total. The molecule has 0 saturated heterocycles. The van der Waals surface area contributed by atoms with Crippen molar-refractivity contribution in [3.05, 3.63) is 47.9 Å². The van der Waals surface area contributed by atoms with Crippen molar-refractivity contribution in [3.8, 4) is 10.4 Å². The van der Waals surface area contributed by atoms with Crippen molar-refractivity contribution < 1.29 is 18.0 Å². The Hall–Kier alpha value is -2.35. The highest BCUT2D eigenvalue weighted by molar-refractivity contribution is 7.20. The quantitative estimate of drug-likeness (QED) is 0.752. The number of aromatic nitrogens is 2. The van der Waals surface area contributed by atoms with Crippen molar-refractivity contribution >= 4 is 22.2 Å². The van der Waals surface area contributed by atoms with E-state index in [-0.39, 0.29) is 5.91 Å². The van der Waals surface area contributed by atoms with Gasteiger partial charge in [0.25, 0.3) is 5.91 Å². The van der Waals surface area contributed by atoms with E-state index in [0.717, 1.165) is 29.9 Å². The second-order valence-electron chi connectivity index (χ2n) is 6.14. The minimum absolute atomic E-state index is 0.195. The molecule has 1 saturated carbocycles. The summed E-state index contributed by atoms with van der Waals surface area (Å²) in [6.45, 7) is 0.681. The fourth-order valence-electron chi connectivity index (χ4n) is 2.51. The molecule has 8 heteroatoms. The smallest absolute Gasteiger partial charge is 0.350 e. The average Bonchev–Trinajstić information content (AvgIpc) is 3.18. The van der Waals surface area contributed by atoms with Gasteiger partial charge >= 0.3 is 6.18 Å². The van der Waals surface area contributed by atoms with Crippen molar-refractivity contribution in [2.75, 3.05) is 6.54 Å². The van der Waals surface area contributed by atoms with E-state index in [9.17, 15) is 18.0 Å². The Balaban J connectivity index is 1.53. The van der Waals surface area contributed by atoms with Crippen LogP contribution in [0.3, 0.4) is 0 Å². The molecule has 0 radical (unpaired) electrons. The Morgan fingerprint density at radius 1 is 1.24 bits per heavy atom. The summed E-state index contributed by atoms with van der Waals surface area (Å²) in [5, 5.41) is 2.86. The third-order valence-corrected chi connectivity index (χ3v) is 5.18. The van der Waals surface area contributed by atoms with Gasteiger partial charge in [0.1, 0.15) is 5.69 Å². The molecule has 2 heterocycles. The fourth-order valence-corrected chi connectivity index (χ4v) is 3.48. The highest BCUT2D eigenvalue weighted by atomic mass is 32.1. The molecular weight excluding hydrogens is 351 g/mol. The molecule has 4 rings (SSSR count). The van der Waals surface area contributed by atoms with Crippen LogP contribution in [0, 0.1) is 5.92 Å². The SMILES string of the molecule is O=C(NCC1CC1)c1cn2cc(-c3ccc(C(F)(F)F)cc3)sc2n1. The Bertz CT molecular complexity index is 891. The van der Waals surface area contributed by atoms with E-state index in [1.807, 2.05) is 0 Å². The van der Waals surface area contributed by atoms with E-state index in [1.165, 1.54) is 23.5 Å². The molecule has 0 spiro atoms. The number of rotatable bonds is 4. The second kappa shape index (κ2) is 5.87. The van der Waals surface area contributed by atoms with Crippen molar-refractivity contribution in [1.29, 1.82) is 0 Å². The number of nitrogens with zero attached hydrogens (tertiary/aromatic N) is 2. The Morgan fingerprint density at radius 3 is 2.56 bits per heavy atom. The van der Waals surface area contributed by atoms with E-state index in [4.69, 9.17) is 0 Å². The number of carbonyl (C=O) groups excluding carboxylic acids is 1. The van der Waals surface area contributed by atoms with Crippen LogP contribution in [0.1, 0.15) is 28.9 Å². The minimum atomic E-state index is -4.34. The van der Waals surface area contributed by atoms with E-state index in [2.05, 4.69) is 10.3 Å². The van der Waals surface area contributed by atoms with E-state index < -0.39 is 11.7 Å². The van der Waals surface area contributed by atoms with E-state index in [1.54, 1.807) is 16.8 Å². The number of halogens is 3. The molecular formula is C17H14F3N3OS. The summed E-state index contributed by atoms with van der Waals surface area (Å²) in [4.78, 5) is 17.8. The van der Waals surface area contributed by atoms with Crippen molar-refractivity contribution in [1.82, 2.24) is 14.7 Å². The Labute approximate surface area is 145 Å². The van der Waals surface area contributed by atoms with Gasteiger partial charge in [-0.1, -0.05) is 23.5 Å². The van der Waals surface area contributed by atoms with Gasteiger partial charge in [-0.2, -0.15) is 13.2 Å². The summed E-state index contributed by atoms with van der Waals surface area (Å²) < 4.78 is 39.6. The summed E-state index contributed by atoms with van der Waals surface area (Å²) in [5.74, 6) is 0.401. The minimum Gasteiger partial charge on any atom is -0.350 e. The molecule has 1 aliphatic carbocycles. The first kappa shape index (κ1) is 16.1. The summed E-state index contributed by atoms with van der Waals surface area (Å²) in [6.07, 6.45) is 1.39. The third kappa shape index (κ3) is 3.39. The summed E-state index contributed by atoms with van der Waals surface area (Å²) in [5.41, 5.74) is 0.362. The molecule has 25 heavy (non-hydrogen) atoms. The van der Waals surface area contributed by atoms with Crippen LogP contribution >= 0.6 is 11.3 Å². The first-order valence-corrected chi connectivity index (χ1v) is 8.66. The Kier molecular flexibility index (Phi) is 3.79. The van der Waals surface area contributed by atoms with Crippen molar-refractivity contribution in [2.24, 2.45) is 5.92 Å². The topological polar surface area (TPSA) is 46.4 Å². The van der Waals surface area contributed by atoms with Crippen LogP contribution in [0.2, 0.25) is 0 Å². The highest BCUT2D eigenvalue weighted by Gasteiger charge is 2.30. The van der Waals surface area contributed by atoms with Gasteiger partial charge < -0.3 is 5.32 Å². The zero-order valence-electron chi connectivity index (χ0n) is 13.0. The predicted octanol–water partition coefficient (Wildman–Crippen LogP) is 4.22. The molecule has 1 N–H and O–H groups in total. The van der Waals surface area contributed by atoms with Gasteiger partial charge in [0.15, 0.2) is 4.96 Å². The lowest BCUT2D eigenvalue weighted by Gasteiger charge is -2.06. The number of amides is 1. The molecule has 0 aliphatic heterocycles. The van der Waals surface area contributed by atoms with Gasteiger partial charge in [-0.15, -0.1) is 0 Å². The van der Waals surface area contributed by atoms with Crippen molar-refractivity contribution in [2.45, 2.75) is 19.0 Å². The van der Waals surface area contributed by atoms with Crippen LogP contribution in [0.5, 0.6) is 0 Å². The highest BCUT2D eigenvalue weighted by Crippen LogP contribution is 2.33. The first-order valence-electron chi connectivity index (χ1n) is 7.84. The van der Waals surface area contributed by atoms with Crippen LogP contribution in [-0.2, 0) is 6.18 Å². The number of hydrogen-bond donors (Lipinski definition) is 1.